The highest BCUT2D eigenvalue weighted by atomic mass is 31.2. The summed E-state index contributed by atoms with van der Waals surface area (Å²) in [5.41, 5.74) is -0.289. The normalized spacial score (nSPS) is 14.8. The lowest BCUT2D eigenvalue weighted by molar-refractivity contribution is 0.00119. The van der Waals surface area contributed by atoms with Gasteiger partial charge in [-0.15, -0.1) is 0 Å². The van der Waals surface area contributed by atoms with Crippen molar-refractivity contribution in [2.75, 3.05) is 39.7 Å². The molecule has 0 fully saturated rings. The molecule has 0 aliphatic rings. The van der Waals surface area contributed by atoms with Crippen LogP contribution in [0.5, 0.6) is 11.5 Å². The first-order valence-electron chi connectivity index (χ1n) is 9.19. The highest BCUT2D eigenvalue weighted by Gasteiger charge is 2.32. The third-order valence-electron chi connectivity index (χ3n) is 3.31. The van der Waals surface area contributed by atoms with Gasteiger partial charge in [0.05, 0.1) is 26.4 Å². The second kappa shape index (κ2) is 12.4. The summed E-state index contributed by atoms with van der Waals surface area (Å²) in [5.74, 6) is -1.64. The number of carbonyl (C=O) groups excluding carboxylic acids is 1. The van der Waals surface area contributed by atoms with Crippen LogP contribution in [0.1, 0.15) is 31.1 Å². The number of phenols is 2. The van der Waals surface area contributed by atoms with Crippen molar-refractivity contribution in [1.29, 1.82) is 0 Å². The van der Waals surface area contributed by atoms with Crippen molar-refractivity contribution < 1.29 is 51.5 Å². The fourth-order valence-corrected chi connectivity index (χ4v) is 4.43. The fourth-order valence-electron chi connectivity index (χ4n) is 2.13. The van der Waals surface area contributed by atoms with Crippen molar-refractivity contribution in [3.8, 4) is 11.5 Å². The summed E-state index contributed by atoms with van der Waals surface area (Å²) in [4.78, 5) is 12.2. The Bertz CT molecular complexity index is 773. The Balaban J connectivity index is 2.93. The largest absolute Gasteiger partial charge is 0.508 e. The molecular weight excluding hydrogens is 442 g/mol. The molecule has 172 valence electrons. The Hall–Kier alpha value is -1.45. The van der Waals surface area contributed by atoms with Crippen molar-refractivity contribution >= 4 is 21.4 Å². The predicted octanol–water partition coefficient (Wildman–Crippen LogP) is 3.70. The van der Waals surface area contributed by atoms with Crippen molar-refractivity contribution in [2.24, 2.45) is 0 Å². The first-order valence-corrected chi connectivity index (χ1v) is 12.6. The van der Waals surface area contributed by atoms with E-state index in [9.17, 15) is 24.1 Å². The Labute approximate surface area is 175 Å². The SMILES string of the molecule is CCOP(C)(=O)OCC(COC(=O)c1cc(O)ccc1O)OP(=O)(OCC)OCC. The van der Waals surface area contributed by atoms with Gasteiger partial charge in [0.2, 0.25) is 0 Å². The van der Waals surface area contributed by atoms with E-state index in [1.54, 1.807) is 20.8 Å². The van der Waals surface area contributed by atoms with Gasteiger partial charge in [0.25, 0.3) is 0 Å². The molecule has 2 N–H and O–H groups in total. The highest BCUT2D eigenvalue weighted by molar-refractivity contribution is 7.53. The first kappa shape index (κ1) is 26.6. The number of phenolic OH excluding ortho intramolecular Hbond substituents is 2. The van der Waals surface area contributed by atoms with E-state index in [4.69, 9.17) is 27.4 Å². The Kier molecular flexibility index (Phi) is 11.0. The van der Waals surface area contributed by atoms with Crippen molar-refractivity contribution in [1.82, 2.24) is 0 Å². The van der Waals surface area contributed by atoms with Gasteiger partial charge in [0.15, 0.2) is 0 Å². The van der Waals surface area contributed by atoms with Crippen LogP contribution in [0.3, 0.4) is 0 Å². The van der Waals surface area contributed by atoms with Crippen molar-refractivity contribution in [3.63, 3.8) is 0 Å². The maximum Gasteiger partial charge on any atom is 0.475 e. The second-order valence-electron chi connectivity index (χ2n) is 5.79. The molecule has 0 radical (unpaired) electrons. The van der Waals surface area contributed by atoms with Gasteiger partial charge in [0.1, 0.15) is 29.8 Å². The predicted molar refractivity (Wildman–Crippen MR) is 107 cm³/mol. The summed E-state index contributed by atoms with van der Waals surface area (Å²) in [6.45, 7) is 5.30. The van der Waals surface area contributed by atoms with Crippen LogP contribution in [0.25, 0.3) is 0 Å². The minimum Gasteiger partial charge on any atom is -0.508 e. The summed E-state index contributed by atoms with van der Waals surface area (Å²) in [5, 5.41) is 19.2. The molecule has 0 aliphatic carbocycles. The molecule has 0 amide bonds. The molecule has 2 atom stereocenters. The van der Waals surface area contributed by atoms with E-state index < -0.39 is 46.5 Å². The quantitative estimate of drug-likeness (QED) is 0.233. The van der Waals surface area contributed by atoms with E-state index in [1.165, 1.54) is 12.7 Å². The molecule has 0 bridgehead atoms. The zero-order valence-electron chi connectivity index (χ0n) is 17.3. The maximum absolute atomic E-state index is 12.7. The van der Waals surface area contributed by atoms with Gasteiger partial charge in [-0.05, 0) is 39.0 Å². The van der Waals surface area contributed by atoms with Crippen LogP contribution in [0, 0.1) is 0 Å². The van der Waals surface area contributed by atoms with Gasteiger partial charge in [-0.25, -0.2) is 9.36 Å². The standard InChI is InChI=1S/C17H28O11P2/c1-5-24-29(4,21)27-12-14(28-30(22,25-6-2)26-7-3)11-23-17(20)15-10-13(18)8-9-16(15)19/h8-10,14,18-19H,5-7,11-12H2,1-4H3. The highest BCUT2D eigenvalue weighted by Crippen LogP contribution is 2.51. The average Bonchev–Trinajstić information content (AvgIpc) is 2.66. The Morgan fingerprint density at radius 2 is 1.57 bits per heavy atom. The minimum atomic E-state index is -4.01. The van der Waals surface area contributed by atoms with Gasteiger partial charge >= 0.3 is 21.4 Å². The lowest BCUT2D eigenvalue weighted by Crippen LogP contribution is -2.27. The van der Waals surface area contributed by atoms with E-state index in [1.807, 2.05) is 0 Å². The molecule has 0 saturated heterocycles. The smallest absolute Gasteiger partial charge is 0.475 e. The summed E-state index contributed by atoms with van der Waals surface area (Å²) >= 11 is 0. The van der Waals surface area contributed by atoms with Gasteiger partial charge in [0, 0.05) is 6.66 Å². The van der Waals surface area contributed by atoms with E-state index in [-0.39, 0.29) is 31.1 Å². The number of hydrogen-bond acceptors (Lipinski definition) is 11. The molecule has 2 unspecified atom stereocenters. The Morgan fingerprint density at radius 3 is 2.13 bits per heavy atom. The van der Waals surface area contributed by atoms with E-state index in [0.717, 1.165) is 12.1 Å². The van der Waals surface area contributed by atoms with Crippen LogP contribution in [-0.4, -0.2) is 62.0 Å². The molecule has 1 aromatic rings. The van der Waals surface area contributed by atoms with Crippen molar-refractivity contribution in [3.05, 3.63) is 23.8 Å². The topological polar surface area (TPSA) is 147 Å². The Morgan fingerprint density at radius 1 is 0.967 bits per heavy atom. The van der Waals surface area contributed by atoms with Crippen LogP contribution < -0.4 is 0 Å². The van der Waals surface area contributed by atoms with Gasteiger partial charge in [-0.3, -0.25) is 18.1 Å². The minimum absolute atomic E-state index is 0.0209. The van der Waals surface area contributed by atoms with E-state index >= 15 is 0 Å². The number of aromatic hydroxyl groups is 2. The molecule has 0 spiro atoms. The van der Waals surface area contributed by atoms with Gasteiger partial charge in [-0.2, -0.15) is 0 Å². The molecule has 0 aliphatic heterocycles. The van der Waals surface area contributed by atoms with Gasteiger partial charge < -0.3 is 24.0 Å². The molecular formula is C17H28O11P2. The van der Waals surface area contributed by atoms with Crippen LogP contribution in [0.4, 0.5) is 0 Å². The summed E-state index contributed by atoms with van der Waals surface area (Å²) in [7, 11) is -7.44. The summed E-state index contributed by atoms with van der Waals surface area (Å²) in [6, 6.07) is 3.33. The number of phosphoric ester groups is 1. The zero-order chi connectivity index (χ0) is 22.8. The first-order chi connectivity index (χ1) is 14.1. The van der Waals surface area contributed by atoms with E-state index in [2.05, 4.69) is 0 Å². The van der Waals surface area contributed by atoms with Crippen LogP contribution in [0.15, 0.2) is 18.2 Å². The van der Waals surface area contributed by atoms with Crippen molar-refractivity contribution in [2.45, 2.75) is 26.9 Å². The third kappa shape index (κ3) is 9.14. The number of ether oxygens (including phenoxy) is 1. The van der Waals surface area contributed by atoms with Crippen LogP contribution in [-0.2, 0) is 36.5 Å². The lowest BCUT2D eigenvalue weighted by Gasteiger charge is -2.24. The third-order valence-corrected chi connectivity index (χ3v) is 6.36. The molecule has 0 saturated carbocycles. The molecule has 0 heterocycles. The lowest BCUT2D eigenvalue weighted by atomic mass is 10.2. The number of benzene rings is 1. The summed E-state index contributed by atoms with van der Waals surface area (Å²) < 4.78 is 55.6. The zero-order valence-corrected chi connectivity index (χ0v) is 19.1. The number of phosphoric acid groups is 1. The molecule has 11 nitrogen and oxygen atoms in total. The average molecular weight is 470 g/mol. The monoisotopic (exact) mass is 470 g/mol. The molecule has 0 aromatic heterocycles. The number of rotatable bonds is 14. The molecule has 30 heavy (non-hydrogen) atoms. The molecule has 13 heteroatoms. The molecule has 1 aromatic carbocycles. The van der Waals surface area contributed by atoms with Crippen LogP contribution >= 0.6 is 15.4 Å². The van der Waals surface area contributed by atoms with Gasteiger partial charge in [-0.1, -0.05) is 0 Å². The number of hydrogen-bond donors (Lipinski definition) is 2. The fraction of sp³-hybridized carbons (Fsp3) is 0.588. The number of esters is 1. The number of carbonyl (C=O) groups is 1. The molecule has 1 rings (SSSR count). The van der Waals surface area contributed by atoms with E-state index in [0.29, 0.717) is 0 Å². The van der Waals surface area contributed by atoms with Crippen LogP contribution in [0.2, 0.25) is 0 Å². The maximum atomic E-state index is 12.7. The second-order valence-corrected chi connectivity index (χ2v) is 9.48. The summed E-state index contributed by atoms with van der Waals surface area (Å²) in [6.07, 6.45) is -1.20.